The Morgan fingerprint density at radius 1 is 1.48 bits per heavy atom. The summed E-state index contributed by atoms with van der Waals surface area (Å²) >= 11 is 6.06. The lowest BCUT2D eigenvalue weighted by Gasteiger charge is -2.28. The Hall–Kier alpha value is -1.76. The van der Waals surface area contributed by atoms with Gasteiger partial charge in [-0.15, -0.1) is 0 Å². The summed E-state index contributed by atoms with van der Waals surface area (Å²) in [6.07, 6.45) is 2.63. The maximum absolute atomic E-state index is 12.5. The number of carbonyl (C=O) groups is 1. The van der Waals surface area contributed by atoms with Crippen LogP contribution >= 0.6 is 11.6 Å². The maximum Gasteiger partial charge on any atom is 0.263 e. The summed E-state index contributed by atoms with van der Waals surface area (Å²) in [6, 6.07) is 4.81. The molecule has 7 heteroatoms. The molecule has 3 rings (SSSR count). The van der Waals surface area contributed by atoms with Crippen molar-refractivity contribution in [2.45, 2.75) is 38.0 Å². The van der Waals surface area contributed by atoms with Gasteiger partial charge in [0.05, 0.1) is 34.9 Å². The zero-order valence-corrected chi connectivity index (χ0v) is 13.3. The van der Waals surface area contributed by atoms with E-state index in [1.54, 1.807) is 18.2 Å². The molecule has 6 nitrogen and oxygen atoms in total. The van der Waals surface area contributed by atoms with E-state index >= 15 is 0 Å². The summed E-state index contributed by atoms with van der Waals surface area (Å²) in [4.78, 5) is 28.9. The highest BCUT2D eigenvalue weighted by atomic mass is 35.5. The van der Waals surface area contributed by atoms with Gasteiger partial charge in [0, 0.05) is 12.5 Å². The molecule has 0 saturated carbocycles. The lowest BCUT2D eigenvalue weighted by molar-refractivity contribution is -0.121. The number of aromatic nitrogens is 2. The van der Waals surface area contributed by atoms with E-state index in [-0.39, 0.29) is 30.3 Å². The standard InChI is InChI=1S/C16H18ClN3O3/c17-11-3-1-4-12-15(11)16(23)20(9-19-12)8-10(21)7-13-14(22)5-2-6-18-13/h1,3-4,9,13-14,18,22H,2,5-8H2. The van der Waals surface area contributed by atoms with Crippen LogP contribution < -0.4 is 10.9 Å². The van der Waals surface area contributed by atoms with E-state index in [0.717, 1.165) is 13.0 Å². The maximum atomic E-state index is 12.5. The minimum atomic E-state index is -0.520. The summed E-state index contributed by atoms with van der Waals surface area (Å²) in [7, 11) is 0. The number of piperidine rings is 1. The van der Waals surface area contributed by atoms with Gasteiger partial charge in [-0.1, -0.05) is 17.7 Å². The van der Waals surface area contributed by atoms with Crippen LogP contribution in [0.1, 0.15) is 19.3 Å². The molecule has 23 heavy (non-hydrogen) atoms. The van der Waals surface area contributed by atoms with Crippen molar-refractivity contribution in [3.8, 4) is 0 Å². The van der Waals surface area contributed by atoms with Crippen LogP contribution in [0.2, 0.25) is 5.02 Å². The number of benzene rings is 1. The van der Waals surface area contributed by atoms with Gasteiger partial charge in [0.1, 0.15) is 0 Å². The Kier molecular flexibility index (Phi) is 4.75. The number of ketones is 1. The fourth-order valence-electron chi connectivity index (χ4n) is 2.92. The molecule has 2 unspecified atom stereocenters. The quantitative estimate of drug-likeness (QED) is 0.874. The topological polar surface area (TPSA) is 84.2 Å². The number of hydrogen-bond acceptors (Lipinski definition) is 5. The number of aliphatic hydroxyl groups excluding tert-OH is 1. The zero-order valence-electron chi connectivity index (χ0n) is 12.5. The number of aliphatic hydroxyl groups is 1. The van der Waals surface area contributed by atoms with Crippen molar-refractivity contribution >= 4 is 28.3 Å². The first-order chi connectivity index (χ1) is 11.1. The van der Waals surface area contributed by atoms with Gasteiger partial charge in [-0.3, -0.25) is 14.2 Å². The molecule has 1 saturated heterocycles. The Morgan fingerprint density at radius 3 is 3.09 bits per heavy atom. The minimum absolute atomic E-state index is 0.0715. The van der Waals surface area contributed by atoms with Gasteiger partial charge in [-0.25, -0.2) is 4.98 Å². The molecule has 1 fully saturated rings. The summed E-state index contributed by atoms with van der Waals surface area (Å²) in [5.74, 6) is -0.126. The number of rotatable bonds is 4. The average molecular weight is 336 g/mol. The summed E-state index contributed by atoms with van der Waals surface area (Å²) in [6.45, 7) is 0.722. The Bertz CT molecular complexity index is 790. The van der Waals surface area contributed by atoms with E-state index in [4.69, 9.17) is 11.6 Å². The fourth-order valence-corrected chi connectivity index (χ4v) is 3.17. The van der Waals surface area contributed by atoms with Gasteiger partial charge >= 0.3 is 0 Å². The summed E-state index contributed by atoms with van der Waals surface area (Å²) in [5.41, 5.74) is 0.182. The molecule has 1 aliphatic heterocycles. The first-order valence-corrected chi connectivity index (χ1v) is 8.01. The van der Waals surface area contributed by atoms with Crippen LogP contribution in [0.4, 0.5) is 0 Å². The minimum Gasteiger partial charge on any atom is -0.391 e. The van der Waals surface area contributed by atoms with E-state index in [1.165, 1.54) is 10.9 Å². The number of nitrogens with zero attached hydrogens (tertiary/aromatic N) is 2. The largest absolute Gasteiger partial charge is 0.391 e. The Morgan fingerprint density at radius 2 is 2.30 bits per heavy atom. The molecule has 122 valence electrons. The van der Waals surface area contributed by atoms with Crippen molar-refractivity contribution in [1.82, 2.24) is 14.9 Å². The van der Waals surface area contributed by atoms with Crippen LogP contribution in [0.15, 0.2) is 29.3 Å². The van der Waals surface area contributed by atoms with E-state index in [0.29, 0.717) is 22.3 Å². The highest BCUT2D eigenvalue weighted by Gasteiger charge is 2.25. The van der Waals surface area contributed by atoms with Gasteiger partial charge in [-0.05, 0) is 31.5 Å². The lowest BCUT2D eigenvalue weighted by Crippen LogP contribution is -2.46. The second kappa shape index (κ2) is 6.78. The van der Waals surface area contributed by atoms with Crippen molar-refractivity contribution in [1.29, 1.82) is 0 Å². The SMILES string of the molecule is O=C(CC1NCCCC1O)Cn1cnc2cccc(Cl)c2c1=O. The fraction of sp³-hybridized carbons (Fsp3) is 0.438. The molecule has 0 aliphatic carbocycles. The molecule has 1 aromatic heterocycles. The third-order valence-electron chi connectivity index (χ3n) is 4.14. The Balaban J connectivity index is 1.79. The molecule has 1 aliphatic rings. The van der Waals surface area contributed by atoms with Gasteiger partial charge in [0.2, 0.25) is 0 Å². The molecule has 0 radical (unpaired) electrons. The van der Waals surface area contributed by atoms with Crippen molar-refractivity contribution in [2.75, 3.05) is 6.54 Å². The molecule has 0 bridgehead atoms. The van der Waals surface area contributed by atoms with E-state index in [1.807, 2.05) is 0 Å². The molecular formula is C16H18ClN3O3. The smallest absolute Gasteiger partial charge is 0.263 e. The number of nitrogens with one attached hydrogen (secondary N) is 1. The molecule has 1 aromatic carbocycles. The van der Waals surface area contributed by atoms with Crippen molar-refractivity contribution in [3.05, 3.63) is 39.9 Å². The number of Topliss-reactive ketones (excluding diaryl/α,β-unsaturated/α-hetero) is 1. The molecule has 2 heterocycles. The molecular weight excluding hydrogens is 318 g/mol. The van der Waals surface area contributed by atoms with E-state index in [2.05, 4.69) is 10.3 Å². The van der Waals surface area contributed by atoms with Crippen LogP contribution in [0.5, 0.6) is 0 Å². The van der Waals surface area contributed by atoms with Crippen molar-refractivity contribution in [3.63, 3.8) is 0 Å². The molecule has 0 amide bonds. The van der Waals surface area contributed by atoms with Crippen LogP contribution in [-0.4, -0.2) is 39.1 Å². The second-order valence-electron chi connectivity index (χ2n) is 5.82. The van der Waals surface area contributed by atoms with E-state index in [9.17, 15) is 14.7 Å². The average Bonchev–Trinajstić information content (AvgIpc) is 2.52. The third-order valence-corrected chi connectivity index (χ3v) is 4.46. The van der Waals surface area contributed by atoms with Crippen LogP contribution in [0.25, 0.3) is 10.9 Å². The highest BCUT2D eigenvalue weighted by Crippen LogP contribution is 2.17. The van der Waals surface area contributed by atoms with Crippen molar-refractivity contribution in [2.24, 2.45) is 0 Å². The van der Waals surface area contributed by atoms with Gasteiger partial charge < -0.3 is 10.4 Å². The lowest BCUT2D eigenvalue weighted by atomic mass is 9.97. The number of carbonyl (C=O) groups excluding carboxylic acids is 1. The van der Waals surface area contributed by atoms with Gasteiger partial charge in [-0.2, -0.15) is 0 Å². The highest BCUT2D eigenvalue weighted by molar-refractivity contribution is 6.35. The molecule has 2 aromatic rings. The van der Waals surface area contributed by atoms with Crippen LogP contribution in [0.3, 0.4) is 0 Å². The molecule has 2 N–H and O–H groups in total. The van der Waals surface area contributed by atoms with Crippen molar-refractivity contribution < 1.29 is 9.90 Å². The monoisotopic (exact) mass is 335 g/mol. The first kappa shape index (κ1) is 16.1. The van der Waals surface area contributed by atoms with Gasteiger partial charge in [0.25, 0.3) is 5.56 Å². The number of fused-ring (bicyclic) bond motifs is 1. The second-order valence-corrected chi connectivity index (χ2v) is 6.23. The predicted octanol–water partition coefficient (Wildman–Crippen LogP) is 1.12. The Labute approximate surface area is 138 Å². The normalized spacial score (nSPS) is 21.5. The summed E-state index contributed by atoms with van der Waals surface area (Å²) < 4.78 is 1.27. The van der Waals surface area contributed by atoms with Crippen LogP contribution in [0, 0.1) is 0 Å². The van der Waals surface area contributed by atoms with Crippen LogP contribution in [-0.2, 0) is 11.3 Å². The first-order valence-electron chi connectivity index (χ1n) is 7.63. The van der Waals surface area contributed by atoms with E-state index < -0.39 is 6.10 Å². The predicted molar refractivity (Wildman–Crippen MR) is 87.7 cm³/mol. The zero-order chi connectivity index (χ0) is 16.4. The number of hydrogen-bond donors (Lipinski definition) is 2. The summed E-state index contributed by atoms with van der Waals surface area (Å²) in [5, 5.41) is 13.7. The number of halogens is 1. The van der Waals surface area contributed by atoms with Gasteiger partial charge in [0.15, 0.2) is 5.78 Å². The molecule has 0 spiro atoms. The third kappa shape index (κ3) is 3.44. The molecule has 2 atom stereocenters.